The monoisotopic (exact) mass is 886 g/mol. The van der Waals surface area contributed by atoms with Gasteiger partial charge in [0.1, 0.15) is 72.1 Å². The topological polar surface area (TPSA) is 269 Å². The number of rotatable bonds is 15. The van der Waals surface area contributed by atoms with Crippen LogP contribution in [0.1, 0.15) is 79.4 Å². The second-order valence-electron chi connectivity index (χ2n) is 18.0. The van der Waals surface area contributed by atoms with Crippen LogP contribution in [-0.2, 0) is 51.0 Å². The van der Waals surface area contributed by atoms with Crippen molar-refractivity contribution in [2.45, 2.75) is 147 Å². The van der Waals surface area contributed by atoms with Gasteiger partial charge in [0.05, 0.1) is 0 Å². The summed E-state index contributed by atoms with van der Waals surface area (Å²) in [7, 11) is 0. The van der Waals surface area contributed by atoms with Crippen LogP contribution < -0.4 is 20.7 Å². The standard InChI is InChI=1S/C44H62N4O15/c1-24(2)32(39(55)59-23-31-33(49)34(50)35(51)40(56)61-31)47-36(52)28(21-25-13-10-9-11-14-25)45-37(53)30-15-12-20-48(30)38(54)29(46-41(57)62-43(3,4)5)22-26-16-18-27(19-17-26)60-42(58)63-44(6,7)8/h9-11,13-14,16-19,24,28-35,40,49-51,56H,12,15,20-23H2,1-8H3,(H,45,53)(H,46,57)(H,47,52)/t28-,29-,30-,31+,32-,33+,34-,35+,40?/m0/s1. The number of ether oxygens (including phenoxy) is 5. The minimum atomic E-state index is -1.85. The Balaban J connectivity index is 1.51. The summed E-state index contributed by atoms with van der Waals surface area (Å²) in [5.41, 5.74) is -0.407. The van der Waals surface area contributed by atoms with Crippen LogP contribution in [0, 0.1) is 5.92 Å². The number of hydrogen-bond acceptors (Lipinski definition) is 15. The van der Waals surface area contributed by atoms with Crippen molar-refractivity contribution >= 4 is 35.9 Å². The highest BCUT2D eigenvalue weighted by Crippen LogP contribution is 2.23. The van der Waals surface area contributed by atoms with E-state index in [9.17, 15) is 49.2 Å². The van der Waals surface area contributed by atoms with E-state index in [-0.39, 0.29) is 31.6 Å². The molecule has 19 nitrogen and oxygen atoms in total. The lowest BCUT2D eigenvalue weighted by molar-refractivity contribution is -0.287. The fraction of sp³-hybridized carbons (Fsp3) is 0.591. The Bertz CT molecular complexity index is 1880. The summed E-state index contributed by atoms with van der Waals surface area (Å²) in [6, 6.07) is 10.3. The molecule has 7 N–H and O–H groups in total. The minimum absolute atomic E-state index is 0.00435. The first-order chi connectivity index (χ1) is 29.4. The van der Waals surface area contributed by atoms with Crippen LogP contribution in [0.2, 0.25) is 0 Å². The van der Waals surface area contributed by atoms with Crippen LogP contribution in [0.4, 0.5) is 9.59 Å². The molecule has 2 saturated heterocycles. The van der Waals surface area contributed by atoms with Crippen LogP contribution in [0.25, 0.3) is 0 Å². The van der Waals surface area contributed by atoms with E-state index in [4.69, 9.17) is 23.7 Å². The van der Waals surface area contributed by atoms with Gasteiger partial charge in [-0.25, -0.2) is 14.4 Å². The number of likely N-dealkylation sites (tertiary alicyclic amines) is 1. The van der Waals surface area contributed by atoms with E-state index in [1.54, 1.807) is 97.9 Å². The van der Waals surface area contributed by atoms with Crippen molar-refractivity contribution < 1.29 is 72.9 Å². The van der Waals surface area contributed by atoms with Crippen molar-refractivity contribution in [2.24, 2.45) is 5.92 Å². The summed E-state index contributed by atoms with van der Waals surface area (Å²) in [4.78, 5) is 82.5. The molecule has 348 valence electrons. The number of esters is 1. The first-order valence-electron chi connectivity index (χ1n) is 20.9. The van der Waals surface area contributed by atoms with E-state index >= 15 is 0 Å². The molecule has 2 fully saturated rings. The van der Waals surface area contributed by atoms with E-state index in [1.807, 2.05) is 0 Å². The summed E-state index contributed by atoms with van der Waals surface area (Å²) in [6.45, 7) is 12.9. The third-order valence-electron chi connectivity index (χ3n) is 9.99. The van der Waals surface area contributed by atoms with Gasteiger partial charge < -0.3 is 65.0 Å². The first-order valence-corrected chi connectivity index (χ1v) is 20.9. The Kier molecular flexibility index (Phi) is 17.4. The summed E-state index contributed by atoms with van der Waals surface area (Å²) >= 11 is 0. The Hall–Kier alpha value is -5.34. The van der Waals surface area contributed by atoms with Gasteiger partial charge in [-0.3, -0.25) is 14.4 Å². The molecule has 9 atom stereocenters. The van der Waals surface area contributed by atoms with Gasteiger partial charge in [0.2, 0.25) is 17.7 Å². The van der Waals surface area contributed by atoms with E-state index in [2.05, 4.69) is 16.0 Å². The molecule has 63 heavy (non-hydrogen) atoms. The molecule has 2 aromatic rings. The minimum Gasteiger partial charge on any atom is -0.461 e. The zero-order chi connectivity index (χ0) is 46.8. The fourth-order valence-corrected chi connectivity index (χ4v) is 6.85. The van der Waals surface area contributed by atoms with Crippen molar-refractivity contribution in [1.29, 1.82) is 0 Å². The SMILES string of the molecule is CC(C)[C@H](NC(=O)[C@H](Cc1ccccc1)NC(=O)[C@@H]1CCCN1C(=O)[C@H](Cc1ccc(OC(=O)OC(C)(C)C)cc1)NC(=O)OC(C)(C)C)C(=O)OC[C@H]1OC(O)[C@H](O)[C@@H](O)[C@@H]1O. The third kappa shape index (κ3) is 15.2. The van der Waals surface area contributed by atoms with Crippen LogP contribution in [0.5, 0.6) is 5.75 Å². The molecule has 2 aliphatic heterocycles. The second kappa shape index (κ2) is 21.8. The lowest BCUT2D eigenvalue weighted by Gasteiger charge is -2.38. The Labute approximate surface area is 366 Å². The lowest BCUT2D eigenvalue weighted by Crippen LogP contribution is -2.59. The maximum atomic E-state index is 14.4. The van der Waals surface area contributed by atoms with Gasteiger partial charge in [-0.15, -0.1) is 0 Å². The largest absolute Gasteiger partial charge is 0.514 e. The number of amides is 4. The molecule has 0 aliphatic carbocycles. The maximum absolute atomic E-state index is 14.4. The molecule has 1 unspecified atom stereocenters. The van der Waals surface area contributed by atoms with Gasteiger partial charge in [0.15, 0.2) is 6.29 Å². The Morgan fingerprint density at radius 2 is 1.37 bits per heavy atom. The van der Waals surface area contributed by atoms with Crippen LogP contribution >= 0.6 is 0 Å². The molecule has 19 heteroatoms. The predicted octanol–water partition coefficient (Wildman–Crippen LogP) is 1.64. The van der Waals surface area contributed by atoms with Gasteiger partial charge >= 0.3 is 18.2 Å². The number of aliphatic hydroxyl groups is 4. The molecule has 2 heterocycles. The number of hydrogen-bond donors (Lipinski definition) is 7. The van der Waals surface area contributed by atoms with Gasteiger partial charge in [-0.05, 0) is 83.6 Å². The van der Waals surface area contributed by atoms with Crippen LogP contribution in [0.3, 0.4) is 0 Å². The number of carbonyl (C=O) groups is 6. The van der Waals surface area contributed by atoms with E-state index in [1.165, 1.54) is 17.0 Å². The highest BCUT2D eigenvalue weighted by atomic mass is 16.7. The van der Waals surface area contributed by atoms with Gasteiger partial charge in [-0.1, -0.05) is 56.3 Å². The molecule has 2 aromatic carbocycles. The van der Waals surface area contributed by atoms with Crippen molar-refractivity contribution in [3.63, 3.8) is 0 Å². The molecule has 0 spiro atoms. The summed E-state index contributed by atoms with van der Waals surface area (Å²) in [5, 5.41) is 48.1. The number of benzene rings is 2. The summed E-state index contributed by atoms with van der Waals surface area (Å²) < 4.78 is 26.3. The van der Waals surface area contributed by atoms with Gasteiger partial charge in [-0.2, -0.15) is 0 Å². The summed E-state index contributed by atoms with van der Waals surface area (Å²) in [5.74, 6) is -3.27. The third-order valence-corrected chi connectivity index (χ3v) is 9.99. The number of nitrogens with one attached hydrogen (secondary N) is 3. The Morgan fingerprint density at radius 1 is 0.762 bits per heavy atom. The molecule has 4 rings (SSSR count). The molecule has 0 saturated carbocycles. The maximum Gasteiger partial charge on any atom is 0.514 e. The zero-order valence-electron chi connectivity index (χ0n) is 36.9. The molecule has 4 amide bonds. The first kappa shape index (κ1) is 50.3. The molecule has 0 aromatic heterocycles. The smallest absolute Gasteiger partial charge is 0.461 e. The average molecular weight is 887 g/mol. The molecular formula is C44H62N4O15. The molecule has 2 aliphatic rings. The van der Waals surface area contributed by atoms with E-state index in [0.717, 1.165) is 0 Å². The van der Waals surface area contributed by atoms with Crippen molar-refractivity contribution in [2.75, 3.05) is 13.2 Å². The van der Waals surface area contributed by atoms with Gasteiger partial charge in [0.25, 0.3) is 0 Å². The number of aliphatic hydroxyl groups excluding tert-OH is 4. The number of nitrogens with zero attached hydrogens (tertiary/aromatic N) is 1. The van der Waals surface area contributed by atoms with E-state index < -0.39 is 115 Å². The predicted molar refractivity (Wildman–Crippen MR) is 224 cm³/mol. The number of alkyl carbamates (subject to hydrolysis) is 1. The van der Waals surface area contributed by atoms with Crippen molar-refractivity contribution in [3.05, 3.63) is 65.7 Å². The molecule has 0 bridgehead atoms. The average Bonchev–Trinajstić information content (AvgIpc) is 3.69. The zero-order valence-corrected chi connectivity index (χ0v) is 36.9. The van der Waals surface area contributed by atoms with Crippen LogP contribution in [-0.4, -0.2) is 140 Å². The quantitative estimate of drug-likeness (QED) is 0.0762. The van der Waals surface area contributed by atoms with Crippen LogP contribution in [0.15, 0.2) is 54.6 Å². The summed E-state index contributed by atoms with van der Waals surface area (Å²) in [6.07, 6.45) is -9.61. The normalized spacial score (nSPS) is 22.8. The van der Waals surface area contributed by atoms with Crippen molar-refractivity contribution in [3.8, 4) is 5.75 Å². The van der Waals surface area contributed by atoms with E-state index in [0.29, 0.717) is 17.5 Å². The van der Waals surface area contributed by atoms with Gasteiger partial charge in [0, 0.05) is 19.4 Å². The molecule has 0 radical (unpaired) electrons. The Morgan fingerprint density at radius 3 is 1.97 bits per heavy atom. The second-order valence-corrected chi connectivity index (χ2v) is 18.0. The highest BCUT2D eigenvalue weighted by Gasteiger charge is 2.44. The van der Waals surface area contributed by atoms with Crippen molar-refractivity contribution in [1.82, 2.24) is 20.9 Å². The lowest BCUT2D eigenvalue weighted by atomic mass is 9.99. The fourth-order valence-electron chi connectivity index (χ4n) is 6.85. The molecular weight excluding hydrogens is 824 g/mol. The number of carbonyl (C=O) groups excluding carboxylic acids is 6. The highest BCUT2D eigenvalue weighted by molar-refractivity contribution is 5.95.